The number of fused-ring (bicyclic) bond motifs is 1. The molecule has 1 aromatic carbocycles. The third-order valence-corrected chi connectivity index (χ3v) is 3.22. The highest BCUT2D eigenvalue weighted by molar-refractivity contribution is 5.64. The van der Waals surface area contributed by atoms with E-state index in [0.29, 0.717) is 18.9 Å². The van der Waals surface area contributed by atoms with E-state index in [-0.39, 0.29) is 5.69 Å². The quantitative estimate of drug-likeness (QED) is 0.774. The summed E-state index contributed by atoms with van der Waals surface area (Å²) in [4.78, 5) is 3.25. The Kier molecular flexibility index (Phi) is 2.92. The van der Waals surface area contributed by atoms with E-state index in [2.05, 4.69) is 9.94 Å². The van der Waals surface area contributed by atoms with Crippen LogP contribution in [0.1, 0.15) is 17.5 Å². The van der Waals surface area contributed by atoms with E-state index in [1.54, 1.807) is 10.9 Å². The summed E-state index contributed by atoms with van der Waals surface area (Å²) in [5, 5.41) is 4.13. The lowest BCUT2D eigenvalue weighted by molar-refractivity contribution is 0.288. The smallest absolute Gasteiger partial charge is 0.263 e. The number of ether oxygens (including phenoxy) is 1. The van der Waals surface area contributed by atoms with Gasteiger partial charge in [0, 0.05) is 12.4 Å². The van der Waals surface area contributed by atoms with Gasteiger partial charge in [-0.3, -0.25) is 4.68 Å². The van der Waals surface area contributed by atoms with Gasteiger partial charge in [-0.25, -0.2) is 9.24 Å². The molecule has 0 bridgehead atoms. The molecule has 2 aromatic rings. The Morgan fingerprint density at radius 3 is 3.16 bits per heavy atom. The summed E-state index contributed by atoms with van der Waals surface area (Å²) in [5.41, 5.74) is 1.77. The minimum absolute atomic E-state index is 0.00100. The lowest BCUT2D eigenvalue weighted by Gasteiger charge is -2.22. The van der Waals surface area contributed by atoms with Gasteiger partial charge >= 0.3 is 0 Å². The maximum atomic E-state index is 13.9. The zero-order valence-corrected chi connectivity index (χ0v) is 10.3. The molecule has 0 atom stereocenters. The molecule has 0 fully saturated rings. The van der Waals surface area contributed by atoms with Crippen molar-refractivity contribution in [3.63, 3.8) is 0 Å². The summed E-state index contributed by atoms with van der Waals surface area (Å²) in [7, 11) is 0. The van der Waals surface area contributed by atoms with Crippen LogP contribution in [0.5, 0.6) is 5.75 Å². The van der Waals surface area contributed by atoms with Crippen LogP contribution in [0.4, 0.5) is 10.1 Å². The molecule has 0 saturated heterocycles. The number of aromatic nitrogens is 2. The molecule has 4 nitrogen and oxygen atoms in total. The van der Waals surface area contributed by atoms with Gasteiger partial charge in [-0.05, 0) is 36.1 Å². The van der Waals surface area contributed by atoms with Crippen LogP contribution in [-0.4, -0.2) is 16.4 Å². The van der Waals surface area contributed by atoms with E-state index in [1.165, 1.54) is 6.07 Å². The standard InChI is InChI=1S/C14H12FN3O/c1-16-13-12(15)8-10(9-18-6-3-5-17-18)11-4-2-7-19-14(11)13/h3,5-6,8H,2,4,7,9H2. The molecule has 19 heavy (non-hydrogen) atoms. The number of rotatable bonds is 2. The Bertz CT molecular complexity index is 644. The fraction of sp³-hybridized carbons (Fsp3) is 0.286. The van der Waals surface area contributed by atoms with Crippen molar-refractivity contribution in [2.45, 2.75) is 19.4 Å². The topological polar surface area (TPSA) is 31.4 Å². The normalized spacial score (nSPS) is 13.5. The maximum Gasteiger partial charge on any atom is 0.263 e. The van der Waals surface area contributed by atoms with E-state index in [9.17, 15) is 4.39 Å². The molecule has 1 aliphatic rings. The minimum Gasteiger partial charge on any atom is -0.504 e. The number of hydrogen-bond donors (Lipinski definition) is 0. The molecule has 0 N–H and O–H groups in total. The molecule has 0 saturated carbocycles. The van der Waals surface area contributed by atoms with Gasteiger partial charge in [-0.15, -0.1) is 0 Å². The predicted octanol–water partition coefficient (Wildman–Crippen LogP) is 2.95. The number of benzene rings is 1. The Morgan fingerprint density at radius 1 is 1.53 bits per heavy atom. The van der Waals surface area contributed by atoms with Gasteiger partial charge in [0.2, 0.25) is 0 Å². The number of hydrogen-bond acceptors (Lipinski definition) is 2. The van der Waals surface area contributed by atoms with Crippen LogP contribution >= 0.6 is 0 Å². The van der Waals surface area contributed by atoms with Crippen LogP contribution < -0.4 is 4.74 Å². The lowest BCUT2D eigenvalue weighted by atomic mass is 9.98. The van der Waals surface area contributed by atoms with E-state index in [0.717, 1.165) is 24.0 Å². The van der Waals surface area contributed by atoms with Crippen molar-refractivity contribution in [3.05, 3.63) is 52.9 Å². The van der Waals surface area contributed by atoms with E-state index >= 15 is 0 Å². The van der Waals surface area contributed by atoms with Crippen LogP contribution in [0, 0.1) is 12.4 Å². The van der Waals surface area contributed by atoms with Crippen LogP contribution in [0.3, 0.4) is 0 Å². The number of nitrogens with zero attached hydrogens (tertiary/aromatic N) is 3. The second kappa shape index (κ2) is 4.73. The zero-order chi connectivity index (χ0) is 13.2. The molecule has 0 aliphatic carbocycles. The molecule has 0 unspecified atom stereocenters. The van der Waals surface area contributed by atoms with Crippen molar-refractivity contribution in [2.75, 3.05) is 6.61 Å². The van der Waals surface area contributed by atoms with E-state index in [1.807, 2.05) is 12.3 Å². The molecule has 1 aromatic heterocycles. The molecule has 1 aliphatic heterocycles. The largest absolute Gasteiger partial charge is 0.504 e. The third-order valence-electron chi connectivity index (χ3n) is 3.22. The second-order valence-electron chi connectivity index (χ2n) is 4.44. The highest BCUT2D eigenvalue weighted by atomic mass is 19.1. The summed E-state index contributed by atoms with van der Waals surface area (Å²) in [6.45, 7) is 8.11. The maximum absolute atomic E-state index is 13.9. The highest BCUT2D eigenvalue weighted by Crippen LogP contribution is 2.39. The fourth-order valence-electron chi connectivity index (χ4n) is 2.37. The van der Waals surface area contributed by atoms with Crippen molar-refractivity contribution in [3.8, 4) is 5.75 Å². The minimum atomic E-state index is -0.516. The fourth-order valence-corrected chi connectivity index (χ4v) is 2.37. The van der Waals surface area contributed by atoms with Gasteiger partial charge in [-0.2, -0.15) is 5.10 Å². The van der Waals surface area contributed by atoms with Crippen LogP contribution in [0.25, 0.3) is 4.85 Å². The summed E-state index contributed by atoms with van der Waals surface area (Å²) >= 11 is 0. The summed E-state index contributed by atoms with van der Waals surface area (Å²) in [5.74, 6) is -0.0961. The van der Waals surface area contributed by atoms with E-state index in [4.69, 9.17) is 11.3 Å². The second-order valence-corrected chi connectivity index (χ2v) is 4.44. The van der Waals surface area contributed by atoms with Gasteiger partial charge < -0.3 is 4.74 Å². The molecule has 3 rings (SSSR count). The van der Waals surface area contributed by atoms with Gasteiger partial charge in [0.25, 0.3) is 5.69 Å². The predicted molar refractivity (Wildman–Crippen MR) is 67.8 cm³/mol. The van der Waals surface area contributed by atoms with Crippen molar-refractivity contribution in [1.29, 1.82) is 0 Å². The molecule has 0 spiro atoms. The van der Waals surface area contributed by atoms with Crippen LogP contribution in [0.15, 0.2) is 24.5 Å². The zero-order valence-electron chi connectivity index (χ0n) is 10.3. The Labute approximate surface area is 110 Å². The number of halogens is 1. The van der Waals surface area contributed by atoms with Gasteiger partial charge in [0.15, 0.2) is 0 Å². The summed E-state index contributed by atoms with van der Waals surface area (Å²) in [6, 6.07) is 3.26. The first-order valence-corrected chi connectivity index (χ1v) is 6.11. The summed E-state index contributed by atoms with van der Waals surface area (Å²) in [6.07, 6.45) is 5.22. The average molecular weight is 257 g/mol. The Morgan fingerprint density at radius 2 is 2.42 bits per heavy atom. The molecular weight excluding hydrogens is 245 g/mol. The molecule has 2 heterocycles. The highest BCUT2D eigenvalue weighted by Gasteiger charge is 2.22. The molecule has 96 valence electrons. The van der Waals surface area contributed by atoms with Crippen molar-refractivity contribution in [1.82, 2.24) is 9.78 Å². The van der Waals surface area contributed by atoms with Crippen LogP contribution in [0.2, 0.25) is 0 Å². The van der Waals surface area contributed by atoms with Crippen LogP contribution in [-0.2, 0) is 13.0 Å². The molecule has 0 amide bonds. The monoisotopic (exact) mass is 257 g/mol. The third kappa shape index (κ3) is 2.06. The first kappa shape index (κ1) is 11.7. The van der Waals surface area contributed by atoms with Gasteiger partial charge in [0.05, 0.1) is 19.7 Å². The summed E-state index contributed by atoms with van der Waals surface area (Å²) < 4.78 is 21.2. The molecule has 0 radical (unpaired) electrons. The Balaban J connectivity index is 2.10. The van der Waals surface area contributed by atoms with E-state index < -0.39 is 5.82 Å². The van der Waals surface area contributed by atoms with Gasteiger partial charge in [-0.1, -0.05) is 0 Å². The van der Waals surface area contributed by atoms with Gasteiger partial charge in [0.1, 0.15) is 11.6 Å². The van der Waals surface area contributed by atoms with Crippen molar-refractivity contribution < 1.29 is 9.13 Å². The first-order valence-electron chi connectivity index (χ1n) is 6.11. The average Bonchev–Trinajstić information content (AvgIpc) is 2.92. The lowest BCUT2D eigenvalue weighted by Crippen LogP contribution is -2.13. The van der Waals surface area contributed by atoms with Crippen molar-refractivity contribution >= 4 is 5.69 Å². The van der Waals surface area contributed by atoms with Crippen molar-refractivity contribution in [2.24, 2.45) is 0 Å². The molecular formula is C14H12FN3O. The SMILES string of the molecule is [C-]#[N+]c1c(F)cc(Cn2cccn2)c2c1OCCC2. The molecule has 5 heteroatoms. The first-order chi connectivity index (χ1) is 9.29. The Hall–Kier alpha value is -2.35.